The van der Waals surface area contributed by atoms with Crippen molar-refractivity contribution in [3.05, 3.63) is 101 Å². The zero-order valence-electron chi connectivity index (χ0n) is 15.8. The average Bonchev–Trinajstić information content (AvgIpc) is 2.68. The molecule has 0 bridgehead atoms. The Kier molecular flexibility index (Phi) is 5.97. The Bertz CT molecular complexity index is 1010. The smallest absolute Gasteiger partial charge is 0.272 e. The maximum absolute atomic E-state index is 12.8. The predicted octanol–water partition coefficient (Wildman–Crippen LogP) is 4.11. The Balaban J connectivity index is 1.86. The first kappa shape index (κ1) is 19.0. The molecule has 0 aliphatic heterocycles. The zero-order valence-corrected chi connectivity index (χ0v) is 15.8. The lowest BCUT2D eigenvalue weighted by Gasteiger charge is -2.12. The van der Waals surface area contributed by atoms with Crippen molar-refractivity contribution in [1.29, 1.82) is 0 Å². The topological polar surface area (TPSA) is 71.1 Å². The van der Waals surface area contributed by atoms with E-state index in [0.29, 0.717) is 16.8 Å². The molecule has 0 atom stereocenters. The first-order chi connectivity index (χ1) is 13.5. The van der Waals surface area contributed by atoms with Gasteiger partial charge in [-0.15, -0.1) is 0 Å². The normalized spacial score (nSPS) is 11.0. The Morgan fingerprint density at radius 2 is 1.71 bits per heavy atom. The summed E-state index contributed by atoms with van der Waals surface area (Å²) < 4.78 is 0. The minimum absolute atomic E-state index is 0.139. The summed E-state index contributed by atoms with van der Waals surface area (Å²) in [6.07, 6.45) is 4.87. The van der Waals surface area contributed by atoms with Crippen molar-refractivity contribution in [1.82, 2.24) is 10.3 Å². The van der Waals surface area contributed by atoms with Crippen LogP contribution in [0.1, 0.15) is 27.0 Å². The lowest BCUT2D eigenvalue weighted by atomic mass is 10.1. The van der Waals surface area contributed by atoms with E-state index in [1.807, 2.05) is 50.2 Å². The molecule has 2 amide bonds. The second-order valence-electron chi connectivity index (χ2n) is 6.49. The van der Waals surface area contributed by atoms with Gasteiger partial charge in [0.2, 0.25) is 0 Å². The number of rotatable bonds is 5. The van der Waals surface area contributed by atoms with Crippen molar-refractivity contribution in [3.8, 4) is 0 Å². The number of carbonyl (C=O) groups excluding carboxylic acids is 2. The van der Waals surface area contributed by atoms with Crippen LogP contribution in [-0.4, -0.2) is 16.8 Å². The van der Waals surface area contributed by atoms with Crippen molar-refractivity contribution in [2.24, 2.45) is 0 Å². The van der Waals surface area contributed by atoms with Gasteiger partial charge in [-0.2, -0.15) is 0 Å². The molecule has 2 aromatic carbocycles. The van der Waals surface area contributed by atoms with E-state index in [-0.39, 0.29) is 11.6 Å². The second-order valence-corrected chi connectivity index (χ2v) is 6.49. The van der Waals surface area contributed by atoms with E-state index in [1.165, 1.54) is 0 Å². The number of nitrogens with one attached hydrogen (secondary N) is 2. The molecule has 1 heterocycles. The largest absolute Gasteiger partial charge is 0.321 e. The van der Waals surface area contributed by atoms with Crippen molar-refractivity contribution in [3.63, 3.8) is 0 Å². The molecule has 1 aromatic heterocycles. The minimum Gasteiger partial charge on any atom is -0.321 e. The molecule has 0 aliphatic carbocycles. The Labute approximate surface area is 164 Å². The number of pyridine rings is 1. The quantitative estimate of drug-likeness (QED) is 0.663. The van der Waals surface area contributed by atoms with Crippen LogP contribution < -0.4 is 10.6 Å². The number of amides is 2. The third kappa shape index (κ3) is 5.14. The van der Waals surface area contributed by atoms with Gasteiger partial charge in [-0.1, -0.05) is 35.9 Å². The highest BCUT2D eigenvalue weighted by Crippen LogP contribution is 2.13. The highest BCUT2D eigenvalue weighted by atomic mass is 16.2. The van der Waals surface area contributed by atoms with Crippen LogP contribution in [0.5, 0.6) is 0 Å². The van der Waals surface area contributed by atoms with Gasteiger partial charge < -0.3 is 10.6 Å². The van der Waals surface area contributed by atoms with Crippen molar-refractivity contribution < 1.29 is 9.59 Å². The number of hydrogen-bond donors (Lipinski definition) is 2. The molecule has 3 rings (SSSR count). The van der Waals surface area contributed by atoms with Crippen LogP contribution in [-0.2, 0) is 4.79 Å². The van der Waals surface area contributed by atoms with Crippen LogP contribution in [0.4, 0.5) is 5.69 Å². The first-order valence-electron chi connectivity index (χ1n) is 8.89. The summed E-state index contributed by atoms with van der Waals surface area (Å²) in [6.45, 7) is 3.89. The molecule has 2 N–H and O–H groups in total. The molecule has 0 radical (unpaired) electrons. The molecule has 140 valence electrons. The fourth-order valence-corrected chi connectivity index (χ4v) is 2.61. The summed E-state index contributed by atoms with van der Waals surface area (Å²) in [7, 11) is 0. The number of aryl methyl sites for hydroxylation is 2. The number of aromatic nitrogens is 1. The van der Waals surface area contributed by atoms with Gasteiger partial charge in [-0.05, 0) is 61.4 Å². The molecular weight excluding hydrogens is 350 g/mol. The summed E-state index contributed by atoms with van der Waals surface area (Å²) in [5, 5.41) is 5.54. The van der Waals surface area contributed by atoms with E-state index in [2.05, 4.69) is 15.6 Å². The third-order valence-corrected chi connectivity index (χ3v) is 4.08. The zero-order chi connectivity index (χ0) is 19.9. The number of anilines is 1. The SMILES string of the molecule is Cc1ccc(C(=O)NC(=Cc2cccnc2)C(=O)Nc2cccc(C)c2)cc1. The second kappa shape index (κ2) is 8.77. The molecule has 28 heavy (non-hydrogen) atoms. The number of benzene rings is 2. The maximum Gasteiger partial charge on any atom is 0.272 e. The fourth-order valence-electron chi connectivity index (χ4n) is 2.61. The Morgan fingerprint density at radius 3 is 2.39 bits per heavy atom. The van der Waals surface area contributed by atoms with E-state index >= 15 is 0 Å². The Morgan fingerprint density at radius 1 is 0.929 bits per heavy atom. The van der Waals surface area contributed by atoms with Gasteiger partial charge >= 0.3 is 0 Å². The number of hydrogen-bond acceptors (Lipinski definition) is 3. The number of carbonyl (C=O) groups is 2. The molecule has 5 nitrogen and oxygen atoms in total. The summed E-state index contributed by atoms with van der Waals surface area (Å²) in [6, 6.07) is 18.2. The molecule has 0 aliphatic rings. The van der Waals surface area contributed by atoms with Gasteiger partial charge in [-0.3, -0.25) is 14.6 Å². The highest BCUT2D eigenvalue weighted by molar-refractivity contribution is 6.10. The highest BCUT2D eigenvalue weighted by Gasteiger charge is 2.15. The molecule has 5 heteroatoms. The standard InChI is InChI=1S/C23H21N3O2/c1-16-8-10-19(11-9-16)22(27)26-21(14-18-6-4-12-24-15-18)23(28)25-20-7-3-5-17(2)13-20/h3-15H,1-2H3,(H,25,28)(H,26,27). The fraction of sp³-hybridized carbons (Fsp3) is 0.0870. The lowest BCUT2D eigenvalue weighted by Crippen LogP contribution is -2.30. The molecule has 0 spiro atoms. The van der Waals surface area contributed by atoms with Gasteiger partial charge in [0.25, 0.3) is 11.8 Å². The van der Waals surface area contributed by atoms with Crippen LogP contribution in [0.15, 0.2) is 78.8 Å². The first-order valence-corrected chi connectivity index (χ1v) is 8.89. The molecule has 0 fully saturated rings. The van der Waals surface area contributed by atoms with Gasteiger partial charge in [0.05, 0.1) is 0 Å². The summed E-state index contributed by atoms with van der Waals surface area (Å²) in [5.41, 5.74) is 4.07. The van der Waals surface area contributed by atoms with Gasteiger partial charge in [0.1, 0.15) is 5.70 Å². The Hall–Kier alpha value is -3.73. The van der Waals surface area contributed by atoms with Crippen LogP contribution in [0.2, 0.25) is 0 Å². The van der Waals surface area contributed by atoms with Gasteiger partial charge in [0, 0.05) is 23.6 Å². The van der Waals surface area contributed by atoms with E-state index in [0.717, 1.165) is 11.1 Å². The van der Waals surface area contributed by atoms with E-state index in [1.54, 1.807) is 42.7 Å². The van der Waals surface area contributed by atoms with Crippen LogP contribution in [0, 0.1) is 13.8 Å². The van der Waals surface area contributed by atoms with E-state index < -0.39 is 5.91 Å². The minimum atomic E-state index is -0.407. The summed E-state index contributed by atoms with van der Waals surface area (Å²) >= 11 is 0. The molecule has 0 unspecified atom stereocenters. The van der Waals surface area contributed by atoms with E-state index in [9.17, 15) is 9.59 Å². The monoisotopic (exact) mass is 371 g/mol. The maximum atomic E-state index is 12.8. The van der Waals surface area contributed by atoms with Crippen molar-refractivity contribution >= 4 is 23.6 Å². The molecular formula is C23H21N3O2. The van der Waals surface area contributed by atoms with Gasteiger partial charge in [-0.25, -0.2) is 0 Å². The van der Waals surface area contributed by atoms with Crippen LogP contribution in [0.3, 0.4) is 0 Å². The van der Waals surface area contributed by atoms with Gasteiger partial charge in [0.15, 0.2) is 0 Å². The van der Waals surface area contributed by atoms with E-state index in [4.69, 9.17) is 0 Å². The van der Waals surface area contributed by atoms with Crippen LogP contribution in [0.25, 0.3) is 6.08 Å². The lowest BCUT2D eigenvalue weighted by molar-refractivity contribution is -0.113. The predicted molar refractivity (Wildman–Crippen MR) is 111 cm³/mol. The molecule has 0 saturated heterocycles. The van der Waals surface area contributed by atoms with Crippen LogP contribution >= 0.6 is 0 Å². The summed E-state index contributed by atoms with van der Waals surface area (Å²) in [5.74, 6) is -0.760. The molecule has 3 aromatic rings. The average molecular weight is 371 g/mol. The molecule has 0 saturated carbocycles. The number of nitrogens with zero attached hydrogens (tertiary/aromatic N) is 1. The summed E-state index contributed by atoms with van der Waals surface area (Å²) in [4.78, 5) is 29.5. The van der Waals surface area contributed by atoms with Crippen molar-refractivity contribution in [2.75, 3.05) is 5.32 Å². The third-order valence-electron chi connectivity index (χ3n) is 4.08. The van der Waals surface area contributed by atoms with Crippen molar-refractivity contribution in [2.45, 2.75) is 13.8 Å².